The van der Waals surface area contributed by atoms with Crippen LogP contribution in [0.5, 0.6) is 5.75 Å². The van der Waals surface area contributed by atoms with Gasteiger partial charge in [0.2, 0.25) is 0 Å². The molecule has 3 rings (SSSR count). The van der Waals surface area contributed by atoms with E-state index in [1.165, 1.54) is 12.1 Å². The van der Waals surface area contributed by atoms with E-state index in [4.69, 9.17) is 16.3 Å². The van der Waals surface area contributed by atoms with Crippen molar-refractivity contribution in [2.45, 2.75) is 44.1 Å². The second-order valence-electron chi connectivity index (χ2n) is 6.15. The Morgan fingerprint density at radius 2 is 1.96 bits per heavy atom. The van der Waals surface area contributed by atoms with E-state index < -0.39 is 6.10 Å². The monoisotopic (exact) mass is 349 g/mol. The van der Waals surface area contributed by atoms with Crippen molar-refractivity contribution in [2.75, 3.05) is 0 Å². The zero-order chi connectivity index (χ0) is 16.9. The zero-order valence-corrected chi connectivity index (χ0v) is 14.0. The van der Waals surface area contributed by atoms with E-state index in [2.05, 4.69) is 5.32 Å². The molecule has 0 aromatic heterocycles. The highest BCUT2D eigenvalue weighted by Crippen LogP contribution is 2.26. The van der Waals surface area contributed by atoms with Gasteiger partial charge in [0.1, 0.15) is 23.8 Å². The fourth-order valence-corrected chi connectivity index (χ4v) is 3.24. The third-order valence-corrected chi connectivity index (χ3v) is 4.60. The molecule has 0 bridgehead atoms. The first kappa shape index (κ1) is 17.2. The molecule has 1 fully saturated rings. The lowest BCUT2D eigenvalue weighted by Crippen LogP contribution is -2.50. The average Bonchev–Trinajstić information content (AvgIpc) is 2.57. The lowest BCUT2D eigenvalue weighted by atomic mass is 9.89. The van der Waals surface area contributed by atoms with E-state index in [0.29, 0.717) is 17.3 Å². The van der Waals surface area contributed by atoms with Gasteiger partial charge in [-0.15, -0.1) is 0 Å². The van der Waals surface area contributed by atoms with Gasteiger partial charge in [-0.1, -0.05) is 29.8 Å². The van der Waals surface area contributed by atoms with E-state index >= 15 is 0 Å². The van der Waals surface area contributed by atoms with Crippen LogP contribution in [0.25, 0.3) is 0 Å². The van der Waals surface area contributed by atoms with Gasteiger partial charge in [0.05, 0.1) is 0 Å². The van der Waals surface area contributed by atoms with E-state index in [-0.39, 0.29) is 18.0 Å². The Morgan fingerprint density at radius 1 is 1.17 bits per heavy atom. The van der Waals surface area contributed by atoms with Crippen LogP contribution in [0.2, 0.25) is 5.02 Å². The summed E-state index contributed by atoms with van der Waals surface area (Å²) >= 11 is 5.97. The number of rotatable bonds is 5. The average molecular weight is 350 g/mol. The van der Waals surface area contributed by atoms with Gasteiger partial charge >= 0.3 is 0 Å². The quantitative estimate of drug-likeness (QED) is 0.859. The fourth-order valence-electron chi connectivity index (χ4n) is 3.06. The van der Waals surface area contributed by atoms with Gasteiger partial charge in [-0.3, -0.25) is 0 Å². The second kappa shape index (κ2) is 7.97. The Bertz CT molecular complexity index is 665. The van der Waals surface area contributed by atoms with Crippen molar-refractivity contribution in [3.8, 4) is 5.75 Å². The van der Waals surface area contributed by atoms with Crippen molar-refractivity contribution in [2.24, 2.45) is 0 Å². The Balaban J connectivity index is 1.58. The van der Waals surface area contributed by atoms with Gasteiger partial charge < -0.3 is 15.2 Å². The fraction of sp³-hybridized carbons (Fsp3) is 0.368. The normalized spacial score (nSPS) is 23.9. The number of ether oxygens (including phenoxy) is 1. The molecule has 0 heterocycles. The van der Waals surface area contributed by atoms with Crippen molar-refractivity contribution in [1.82, 2.24) is 5.32 Å². The molecule has 3 nitrogen and oxygen atoms in total. The minimum atomic E-state index is -0.599. The SMILES string of the molecule is O[C@@H]1[C@@H](NCc2ccc(F)cc2)CCC[C@H]1Oc1cccc(Cl)c1. The largest absolute Gasteiger partial charge is 0.488 e. The first-order chi connectivity index (χ1) is 11.6. The first-order valence-electron chi connectivity index (χ1n) is 8.20. The predicted molar refractivity (Wildman–Crippen MR) is 92.8 cm³/mol. The number of aliphatic hydroxyl groups excluding tert-OH is 1. The molecule has 1 saturated carbocycles. The molecule has 0 aliphatic heterocycles. The molecule has 0 saturated heterocycles. The summed E-state index contributed by atoms with van der Waals surface area (Å²) in [6, 6.07) is 13.6. The molecule has 5 heteroatoms. The topological polar surface area (TPSA) is 41.5 Å². The van der Waals surface area contributed by atoms with Gasteiger partial charge in [-0.25, -0.2) is 4.39 Å². The highest BCUT2D eigenvalue weighted by atomic mass is 35.5. The van der Waals surface area contributed by atoms with Crippen LogP contribution in [0.15, 0.2) is 48.5 Å². The van der Waals surface area contributed by atoms with Gasteiger partial charge in [0.15, 0.2) is 0 Å². The molecule has 0 unspecified atom stereocenters. The molecule has 2 aromatic carbocycles. The Labute approximate surface area is 146 Å². The molecule has 0 radical (unpaired) electrons. The highest BCUT2D eigenvalue weighted by Gasteiger charge is 2.33. The minimum absolute atomic E-state index is 0.0482. The van der Waals surface area contributed by atoms with Crippen LogP contribution in [0.3, 0.4) is 0 Å². The van der Waals surface area contributed by atoms with Gasteiger partial charge in [-0.05, 0) is 55.2 Å². The maximum Gasteiger partial charge on any atom is 0.126 e. The molecular formula is C19H21ClFNO2. The predicted octanol–water partition coefficient (Wildman–Crippen LogP) is 3.93. The Kier molecular flexibility index (Phi) is 5.72. The van der Waals surface area contributed by atoms with Crippen LogP contribution in [-0.4, -0.2) is 23.4 Å². The first-order valence-corrected chi connectivity index (χ1v) is 8.58. The molecule has 2 aromatic rings. The number of hydrogen-bond donors (Lipinski definition) is 2. The van der Waals surface area contributed by atoms with Crippen LogP contribution < -0.4 is 10.1 Å². The molecule has 24 heavy (non-hydrogen) atoms. The maximum atomic E-state index is 12.9. The van der Waals surface area contributed by atoms with Crippen LogP contribution in [0, 0.1) is 5.82 Å². The summed E-state index contributed by atoms with van der Waals surface area (Å²) in [4.78, 5) is 0. The van der Waals surface area contributed by atoms with Crippen LogP contribution in [-0.2, 0) is 6.54 Å². The number of halogens is 2. The van der Waals surface area contributed by atoms with E-state index in [1.807, 2.05) is 12.1 Å². The van der Waals surface area contributed by atoms with Crippen molar-refractivity contribution in [3.63, 3.8) is 0 Å². The van der Waals surface area contributed by atoms with Crippen molar-refractivity contribution in [1.29, 1.82) is 0 Å². The third kappa shape index (κ3) is 4.47. The summed E-state index contributed by atoms with van der Waals surface area (Å²) in [7, 11) is 0. The summed E-state index contributed by atoms with van der Waals surface area (Å²) in [6.45, 7) is 0.589. The zero-order valence-electron chi connectivity index (χ0n) is 13.3. The lowest BCUT2D eigenvalue weighted by molar-refractivity contribution is -0.0157. The standard InChI is InChI=1S/C19H21ClFNO2/c20-14-3-1-4-16(11-14)24-18-6-2-5-17(19(18)23)22-12-13-7-9-15(21)10-8-13/h1,3-4,7-11,17-19,22-23H,2,5-6,12H2/t17-,18+,19+/m0/s1. The van der Waals surface area contributed by atoms with Gasteiger partial charge in [0, 0.05) is 17.6 Å². The molecule has 0 spiro atoms. The maximum absolute atomic E-state index is 12.9. The van der Waals surface area contributed by atoms with Crippen molar-refractivity contribution in [3.05, 3.63) is 64.9 Å². The molecule has 2 N–H and O–H groups in total. The molecule has 0 amide bonds. The number of benzene rings is 2. The van der Waals surface area contributed by atoms with Crippen molar-refractivity contribution < 1.29 is 14.2 Å². The van der Waals surface area contributed by atoms with Crippen LogP contribution >= 0.6 is 11.6 Å². The van der Waals surface area contributed by atoms with Crippen LogP contribution in [0.4, 0.5) is 4.39 Å². The minimum Gasteiger partial charge on any atom is -0.488 e. The number of aliphatic hydroxyl groups is 1. The molecular weight excluding hydrogens is 329 g/mol. The number of hydrogen-bond acceptors (Lipinski definition) is 3. The number of nitrogens with one attached hydrogen (secondary N) is 1. The van der Waals surface area contributed by atoms with E-state index in [0.717, 1.165) is 24.8 Å². The smallest absolute Gasteiger partial charge is 0.126 e. The van der Waals surface area contributed by atoms with Crippen molar-refractivity contribution >= 4 is 11.6 Å². The molecule has 3 atom stereocenters. The van der Waals surface area contributed by atoms with Gasteiger partial charge in [-0.2, -0.15) is 0 Å². The summed E-state index contributed by atoms with van der Waals surface area (Å²) in [6.07, 6.45) is 1.81. The summed E-state index contributed by atoms with van der Waals surface area (Å²) in [5.74, 6) is 0.428. The van der Waals surface area contributed by atoms with E-state index in [9.17, 15) is 9.50 Å². The van der Waals surface area contributed by atoms with Gasteiger partial charge in [0.25, 0.3) is 0 Å². The molecule has 1 aliphatic carbocycles. The Morgan fingerprint density at radius 3 is 2.71 bits per heavy atom. The summed E-state index contributed by atoms with van der Waals surface area (Å²) in [5.41, 5.74) is 0.987. The highest BCUT2D eigenvalue weighted by molar-refractivity contribution is 6.30. The third-order valence-electron chi connectivity index (χ3n) is 4.36. The summed E-state index contributed by atoms with van der Waals surface area (Å²) in [5, 5.41) is 14.6. The molecule has 128 valence electrons. The summed E-state index contributed by atoms with van der Waals surface area (Å²) < 4.78 is 18.9. The lowest BCUT2D eigenvalue weighted by Gasteiger charge is -2.35. The second-order valence-corrected chi connectivity index (χ2v) is 6.59. The van der Waals surface area contributed by atoms with Crippen LogP contribution in [0.1, 0.15) is 24.8 Å². The molecule has 1 aliphatic rings. The van der Waals surface area contributed by atoms with E-state index in [1.54, 1.807) is 24.3 Å². The Hall–Kier alpha value is -1.62.